The predicted octanol–water partition coefficient (Wildman–Crippen LogP) is 2.20. The topological polar surface area (TPSA) is 82.8 Å². The van der Waals surface area contributed by atoms with E-state index in [-0.39, 0.29) is 0 Å². The number of nitrogens with two attached hydrogens (primary N) is 1. The number of aryl methyl sites for hydroxylation is 3. The highest BCUT2D eigenvalue weighted by Crippen LogP contribution is 2.20. The van der Waals surface area contributed by atoms with E-state index in [1.807, 2.05) is 18.2 Å². The smallest absolute Gasteiger partial charge is 0.213 e. The van der Waals surface area contributed by atoms with Crippen LogP contribution in [0.1, 0.15) is 25.0 Å². The summed E-state index contributed by atoms with van der Waals surface area (Å²) in [5.41, 5.74) is 8.61. The number of rotatable bonds is 5. The Morgan fingerprint density at radius 3 is 2.95 bits per heavy atom. The fourth-order valence-corrected chi connectivity index (χ4v) is 2.38. The SMILES string of the molecule is CCCc1nc2cc(N)ccc2n1CCc1ncon1. The molecule has 0 saturated carbocycles. The van der Waals surface area contributed by atoms with Crippen LogP contribution in [0.4, 0.5) is 5.69 Å². The molecule has 0 aliphatic carbocycles. The zero-order chi connectivity index (χ0) is 13.9. The number of nitrogens with zero attached hydrogens (tertiary/aromatic N) is 4. The molecule has 6 heteroatoms. The monoisotopic (exact) mass is 271 g/mol. The highest BCUT2D eigenvalue weighted by Gasteiger charge is 2.11. The number of hydrogen-bond acceptors (Lipinski definition) is 5. The average Bonchev–Trinajstić information content (AvgIpc) is 3.04. The molecule has 1 aromatic carbocycles. The van der Waals surface area contributed by atoms with Gasteiger partial charge in [-0.25, -0.2) is 4.98 Å². The van der Waals surface area contributed by atoms with Gasteiger partial charge in [0.1, 0.15) is 5.82 Å². The van der Waals surface area contributed by atoms with E-state index in [2.05, 4.69) is 26.6 Å². The lowest BCUT2D eigenvalue weighted by Gasteiger charge is -2.07. The minimum Gasteiger partial charge on any atom is -0.399 e. The molecule has 0 bridgehead atoms. The third kappa shape index (κ3) is 2.36. The van der Waals surface area contributed by atoms with Gasteiger partial charge in [0.15, 0.2) is 5.82 Å². The summed E-state index contributed by atoms with van der Waals surface area (Å²) in [5.74, 6) is 1.79. The first-order chi connectivity index (χ1) is 9.78. The number of fused-ring (bicyclic) bond motifs is 1. The van der Waals surface area contributed by atoms with Crippen molar-refractivity contribution < 1.29 is 4.52 Å². The van der Waals surface area contributed by atoms with Crippen LogP contribution in [0, 0.1) is 0 Å². The predicted molar refractivity (Wildman–Crippen MR) is 76.1 cm³/mol. The number of nitrogen functional groups attached to an aromatic ring is 1. The Balaban J connectivity index is 1.95. The van der Waals surface area contributed by atoms with Gasteiger partial charge in [0.05, 0.1) is 11.0 Å². The number of aromatic nitrogens is 4. The van der Waals surface area contributed by atoms with Crippen LogP contribution >= 0.6 is 0 Å². The van der Waals surface area contributed by atoms with Crippen LogP contribution in [0.15, 0.2) is 29.1 Å². The number of benzene rings is 1. The van der Waals surface area contributed by atoms with Gasteiger partial charge in [-0.2, -0.15) is 4.98 Å². The Kier molecular flexibility index (Phi) is 3.37. The molecule has 2 heterocycles. The second-order valence-electron chi connectivity index (χ2n) is 4.78. The summed E-state index contributed by atoms with van der Waals surface area (Å²) in [6.45, 7) is 2.94. The standard InChI is InChI=1S/C14H17N5O/c1-2-3-14-17-11-8-10(15)4-5-12(11)19(14)7-6-13-16-9-20-18-13/h4-5,8-9H,2-3,6-7,15H2,1H3. The molecule has 0 amide bonds. The van der Waals surface area contributed by atoms with Crippen LogP contribution in [0.3, 0.4) is 0 Å². The van der Waals surface area contributed by atoms with E-state index in [4.69, 9.17) is 10.3 Å². The summed E-state index contributed by atoms with van der Waals surface area (Å²) in [7, 11) is 0. The number of hydrogen-bond donors (Lipinski definition) is 1. The van der Waals surface area contributed by atoms with E-state index in [1.165, 1.54) is 6.39 Å². The first-order valence-electron chi connectivity index (χ1n) is 6.78. The van der Waals surface area contributed by atoms with E-state index in [9.17, 15) is 0 Å². The Morgan fingerprint density at radius 2 is 2.20 bits per heavy atom. The molecule has 0 fully saturated rings. The molecule has 0 saturated heterocycles. The van der Waals surface area contributed by atoms with Gasteiger partial charge in [0.2, 0.25) is 6.39 Å². The third-order valence-electron chi connectivity index (χ3n) is 3.29. The summed E-state index contributed by atoms with van der Waals surface area (Å²) in [6, 6.07) is 5.84. The van der Waals surface area contributed by atoms with Crippen molar-refractivity contribution in [2.75, 3.05) is 5.73 Å². The zero-order valence-electron chi connectivity index (χ0n) is 11.4. The molecular weight excluding hydrogens is 254 g/mol. The van der Waals surface area contributed by atoms with Gasteiger partial charge in [-0.15, -0.1) is 0 Å². The lowest BCUT2D eigenvalue weighted by Crippen LogP contribution is -2.07. The highest BCUT2D eigenvalue weighted by molar-refractivity contribution is 5.79. The minimum absolute atomic E-state index is 0.713. The van der Waals surface area contributed by atoms with Crippen LogP contribution in [0.5, 0.6) is 0 Å². The summed E-state index contributed by atoms with van der Waals surface area (Å²) in [5, 5.41) is 3.85. The van der Waals surface area contributed by atoms with E-state index in [0.717, 1.165) is 48.4 Å². The Morgan fingerprint density at radius 1 is 1.30 bits per heavy atom. The van der Waals surface area contributed by atoms with Gasteiger partial charge in [-0.3, -0.25) is 0 Å². The lowest BCUT2D eigenvalue weighted by molar-refractivity contribution is 0.408. The van der Waals surface area contributed by atoms with Gasteiger partial charge in [-0.1, -0.05) is 12.1 Å². The molecule has 0 aliphatic rings. The van der Waals surface area contributed by atoms with Gasteiger partial charge >= 0.3 is 0 Å². The molecule has 6 nitrogen and oxygen atoms in total. The maximum absolute atomic E-state index is 5.83. The van der Waals surface area contributed by atoms with Crippen LogP contribution in [-0.4, -0.2) is 19.7 Å². The second-order valence-corrected chi connectivity index (χ2v) is 4.78. The maximum Gasteiger partial charge on any atom is 0.213 e. The fraction of sp³-hybridized carbons (Fsp3) is 0.357. The molecular formula is C14H17N5O. The van der Waals surface area contributed by atoms with Crippen molar-refractivity contribution in [2.45, 2.75) is 32.7 Å². The van der Waals surface area contributed by atoms with Gasteiger partial charge < -0.3 is 14.8 Å². The maximum atomic E-state index is 5.83. The largest absolute Gasteiger partial charge is 0.399 e. The molecule has 0 aliphatic heterocycles. The van der Waals surface area contributed by atoms with Crippen molar-refractivity contribution in [1.82, 2.24) is 19.7 Å². The van der Waals surface area contributed by atoms with Crippen molar-refractivity contribution in [3.8, 4) is 0 Å². The molecule has 104 valence electrons. The summed E-state index contributed by atoms with van der Waals surface area (Å²) in [4.78, 5) is 8.74. The van der Waals surface area contributed by atoms with Gasteiger partial charge in [0, 0.05) is 25.1 Å². The zero-order valence-corrected chi connectivity index (χ0v) is 11.4. The van der Waals surface area contributed by atoms with Crippen LogP contribution < -0.4 is 5.73 Å². The van der Waals surface area contributed by atoms with Crippen LogP contribution in [0.2, 0.25) is 0 Å². The van der Waals surface area contributed by atoms with Crippen molar-refractivity contribution in [2.24, 2.45) is 0 Å². The first-order valence-corrected chi connectivity index (χ1v) is 6.78. The van der Waals surface area contributed by atoms with Gasteiger partial charge in [0.25, 0.3) is 0 Å². The van der Waals surface area contributed by atoms with Crippen molar-refractivity contribution in [3.63, 3.8) is 0 Å². The average molecular weight is 271 g/mol. The van der Waals surface area contributed by atoms with Crippen molar-refractivity contribution in [3.05, 3.63) is 36.2 Å². The summed E-state index contributed by atoms with van der Waals surface area (Å²) in [6.07, 6.45) is 4.08. The Hall–Kier alpha value is -2.37. The van der Waals surface area contributed by atoms with E-state index in [0.29, 0.717) is 5.82 Å². The first kappa shape index (κ1) is 12.7. The summed E-state index contributed by atoms with van der Waals surface area (Å²) < 4.78 is 6.98. The third-order valence-corrected chi connectivity index (χ3v) is 3.29. The number of imidazole rings is 1. The van der Waals surface area contributed by atoms with E-state index in [1.54, 1.807) is 0 Å². The molecule has 0 radical (unpaired) electrons. The molecule has 0 spiro atoms. The normalized spacial score (nSPS) is 11.2. The second kappa shape index (κ2) is 5.32. The Labute approximate surface area is 116 Å². The molecule has 3 aromatic rings. The highest BCUT2D eigenvalue weighted by atomic mass is 16.5. The molecule has 20 heavy (non-hydrogen) atoms. The van der Waals surface area contributed by atoms with Crippen LogP contribution in [-0.2, 0) is 19.4 Å². The quantitative estimate of drug-likeness (QED) is 0.719. The molecule has 2 N–H and O–H groups in total. The minimum atomic E-state index is 0.713. The van der Waals surface area contributed by atoms with E-state index < -0.39 is 0 Å². The van der Waals surface area contributed by atoms with Crippen LogP contribution in [0.25, 0.3) is 11.0 Å². The van der Waals surface area contributed by atoms with Crippen molar-refractivity contribution in [1.29, 1.82) is 0 Å². The fourth-order valence-electron chi connectivity index (χ4n) is 2.38. The molecule has 3 rings (SSSR count). The summed E-state index contributed by atoms with van der Waals surface area (Å²) >= 11 is 0. The lowest BCUT2D eigenvalue weighted by atomic mass is 10.2. The van der Waals surface area contributed by atoms with Gasteiger partial charge in [-0.05, 0) is 24.6 Å². The molecule has 0 unspecified atom stereocenters. The Bertz CT molecular complexity index is 702. The molecule has 2 aromatic heterocycles. The van der Waals surface area contributed by atoms with E-state index >= 15 is 0 Å². The van der Waals surface area contributed by atoms with Crippen molar-refractivity contribution >= 4 is 16.7 Å². The number of anilines is 1. The molecule has 0 atom stereocenters.